The molecule has 1 aliphatic rings. The first-order chi connectivity index (χ1) is 13.9. The summed E-state index contributed by atoms with van der Waals surface area (Å²) in [7, 11) is 0. The number of carbonyl (C=O) groups excluding carboxylic acids is 1. The predicted octanol–water partition coefficient (Wildman–Crippen LogP) is 6.98. The van der Waals surface area contributed by atoms with E-state index < -0.39 is 5.82 Å². The quantitative estimate of drug-likeness (QED) is 0.403. The van der Waals surface area contributed by atoms with Gasteiger partial charge >= 0.3 is 0 Å². The summed E-state index contributed by atoms with van der Waals surface area (Å²) in [5, 5.41) is 1.01. The van der Waals surface area contributed by atoms with Gasteiger partial charge in [-0.15, -0.1) is 0 Å². The lowest BCUT2D eigenvalue weighted by atomic mass is 10.1. The molecule has 0 saturated heterocycles. The highest BCUT2D eigenvalue weighted by atomic mass is 35.5. The van der Waals surface area contributed by atoms with Gasteiger partial charge in [-0.25, -0.2) is 4.39 Å². The van der Waals surface area contributed by atoms with Gasteiger partial charge in [0.05, 0.1) is 20.6 Å². The van der Waals surface area contributed by atoms with E-state index in [0.29, 0.717) is 38.2 Å². The van der Waals surface area contributed by atoms with Crippen molar-refractivity contribution in [3.05, 3.63) is 97.9 Å². The number of carbonyl (C=O) groups is 1. The molecular formula is C22H12Cl3FO3. The number of Topliss-reactive ketones (excluding diaryl/α,β-unsaturated/α-hetero) is 1. The van der Waals surface area contributed by atoms with E-state index in [1.54, 1.807) is 48.5 Å². The summed E-state index contributed by atoms with van der Waals surface area (Å²) in [6.45, 7) is 0.146. The number of hydrogen-bond donors (Lipinski definition) is 0. The summed E-state index contributed by atoms with van der Waals surface area (Å²) in [5.74, 6) is 0.329. The Kier molecular flexibility index (Phi) is 5.50. The van der Waals surface area contributed by atoms with Crippen molar-refractivity contribution >= 4 is 46.7 Å². The number of halogens is 4. The first-order valence-electron chi connectivity index (χ1n) is 8.51. The summed E-state index contributed by atoms with van der Waals surface area (Å²) in [4.78, 5) is 12.6. The van der Waals surface area contributed by atoms with Crippen LogP contribution in [0.2, 0.25) is 15.1 Å². The summed E-state index contributed by atoms with van der Waals surface area (Å²) < 4.78 is 24.6. The number of rotatable bonds is 4. The van der Waals surface area contributed by atoms with Crippen LogP contribution in [0.3, 0.4) is 0 Å². The van der Waals surface area contributed by atoms with E-state index in [0.717, 1.165) is 0 Å². The van der Waals surface area contributed by atoms with Gasteiger partial charge in [0.25, 0.3) is 0 Å². The van der Waals surface area contributed by atoms with Crippen LogP contribution in [0.1, 0.15) is 21.5 Å². The van der Waals surface area contributed by atoms with Crippen molar-refractivity contribution in [1.82, 2.24) is 0 Å². The summed E-state index contributed by atoms with van der Waals surface area (Å²) in [6, 6.07) is 14.1. The lowest BCUT2D eigenvalue weighted by molar-refractivity contribution is 0.101. The average molecular weight is 450 g/mol. The smallest absolute Gasteiger partial charge is 0.231 e. The van der Waals surface area contributed by atoms with Gasteiger partial charge in [0.1, 0.15) is 23.9 Å². The molecule has 3 aromatic rings. The third-order valence-electron chi connectivity index (χ3n) is 4.32. The van der Waals surface area contributed by atoms with Crippen LogP contribution in [0, 0.1) is 5.82 Å². The zero-order valence-corrected chi connectivity index (χ0v) is 17.0. The minimum absolute atomic E-state index is 0.142. The lowest BCUT2D eigenvalue weighted by Gasteiger charge is -2.09. The SMILES string of the molecule is O=C1/C(=C/c2cccc(Cl)c2Cl)Oc2cc(OCc3ccc(F)cc3Cl)ccc21. The molecule has 0 fully saturated rings. The first-order valence-corrected chi connectivity index (χ1v) is 9.65. The van der Waals surface area contributed by atoms with Crippen molar-refractivity contribution in [3.63, 3.8) is 0 Å². The number of fused-ring (bicyclic) bond motifs is 1. The van der Waals surface area contributed by atoms with Crippen molar-refractivity contribution in [2.75, 3.05) is 0 Å². The highest BCUT2D eigenvalue weighted by molar-refractivity contribution is 6.43. The van der Waals surface area contributed by atoms with Crippen LogP contribution >= 0.6 is 34.8 Å². The van der Waals surface area contributed by atoms with Gasteiger partial charge in [-0.05, 0) is 42.0 Å². The van der Waals surface area contributed by atoms with Crippen LogP contribution in [0.15, 0.2) is 60.4 Å². The van der Waals surface area contributed by atoms with Gasteiger partial charge in [0.15, 0.2) is 5.76 Å². The van der Waals surface area contributed by atoms with Crippen molar-refractivity contribution in [3.8, 4) is 11.5 Å². The number of benzene rings is 3. The van der Waals surface area contributed by atoms with Gasteiger partial charge in [0, 0.05) is 11.6 Å². The van der Waals surface area contributed by atoms with Gasteiger partial charge in [-0.2, -0.15) is 0 Å². The molecule has 0 amide bonds. The Hall–Kier alpha value is -2.53. The van der Waals surface area contributed by atoms with Crippen LogP contribution < -0.4 is 9.47 Å². The zero-order valence-electron chi connectivity index (χ0n) is 14.7. The fraction of sp³-hybridized carbons (Fsp3) is 0.0455. The predicted molar refractivity (Wildman–Crippen MR) is 112 cm³/mol. The fourth-order valence-electron chi connectivity index (χ4n) is 2.83. The van der Waals surface area contributed by atoms with Gasteiger partial charge in [-0.1, -0.05) is 53.0 Å². The van der Waals surface area contributed by atoms with Gasteiger partial charge in [-0.3, -0.25) is 4.79 Å². The van der Waals surface area contributed by atoms with E-state index in [1.807, 2.05) is 0 Å². The Morgan fingerprint density at radius 2 is 1.83 bits per heavy atom. The molecule has 7 heteroatoms. The van der Waals surface area contributed by atoms with E-state index >= 15 is 0 Å². The van der Waals surface area contributed by atoms with Crippen molar-refractivity contribution in [2.24, 2.45) is 0 Å². The molecule has 0 aromatic heterocycles. The van der Waals surface area contributed by atoms with Gasteiger partial charge < -0.3 is 9.47 Å². The maximum atomic E-state index is 13.1. The minimum Gasteiger partial charge on any atom is -0.489 e. The first kappa shape index (κ1) is 19.8. The molecule has 1 heterocycles. The van der Waals surface area contributed by atoms with E-state index in [2.05, 4.69) is 0 Å². The second kappa shape index (κ2) is 8.07. The van der Waals surface area contributed by atoms with Crippen LogP contribution in [0.4, 0.5) is 4.39 Å². The monoisotopic (exact) mass is 448 g/mol. The third-order valence-corrected chi connectivity index (χ3v) is 5.50. The second-order valence-electron chi connectivity index (χ2n) is 6.27. The van der Waals surface area contributed by atoms with Crippen LogP contribution in [0.25, 0.3) is 6.08 Å². The molecule has 3 aromatic carbocycles. The van der Waals surface area contributed by atoms with Gasteiger partial charge in [0.2, 0.25) is 5.78 Å². The molecule has 0 unspecified atom stereocenters. The molecule has 1 aliphatic heterocycles. The summed E-state index contributed by atoms with van der Waals surface area (Å²) in [5.41, 5.74) is 1.64. The molecule has 0 atom stereocenters. The molecule has 0 bridgehead atoms. The molecular weight excluding hydrogens is 438 g/mol. The lowest BCUT2D eigenvalue weighted by Crippen LogP contribution is -1.98. The molecule has 146 valence electrons. The molecule has 0 N–H and O–H groups in total. The Labute approximate surface area is 181 Å². The molecule has 0 radical (unpaired) electrons. The number of ether oxygens (including phenoxy) is 2. The van der Waals surface area contributed by atoms with E-state index in [-0.39, 0.29) is 23.2 Å². The van der Waals surface area contributed by atoms with Crippen LogP contribution in [-0.2, 0) is 6.61 Å². The maximum absolute atomic E-state index is 13.1. The number of hydrogen-bond acceptors (Lipinski definition) is 3. The van der Waals surface area contributed by atoms with Crippen molar-refractivity contribution in [2.45, 2.75) is 6.61 Å². The van der Waals surface area contributed by atoms with Crippen molar-refractivity contribution in [1.29, 1.82) is 0 Å². The Bertz CT molecular complexity index is 1160. The fourth-order valence-corrected chi connectivity index (χ4v) is 3.41. The average Bonchev–Trinajstić information content (AvgIpc) is 3.00. The Morgan fingerprint density at radius 1 is 1.00 bits per heavy atom. The topological polar surface area (TPSA) is 35.5 Å². The zero-order chi connectivity index (χ0) is 20.5. The maximum Gasteiger partial charge on any atom is 0.231 e. The number of ketones is 1. The molecule has 0 saturated carbocycles. The Morgan fingerprint density at radius 3 is 2.62 bits per heavy atom. The molecule has 29 heavy (non-hydrogen) atoms. The van der Waals surface area contributed by atoms with Crippen molar-refractivity contribution < 1.29 is 18.7 Å². The van der Waals surface area contributed by atoms with E-state index in [1.165, 1.54) is 12.1 Å². The summed E-state index contributed by atoms with van der Waals surface area (Å²) >= 11 is 18.2. The highest BCUT2D eigenvalue weighted by Gasteiger charge is 2.28. The molecule has 4 rings (SSSR count). The molecule has 0 spiro atoms. The largest absolute Gasteiger partial charge is 0.489 e. The van der Waals surface area contributed by atoms with E-state index in [4.69, 9.17) is 44.3 Å². The van der Waals surface area contributed by atoms with Crippen LogP contribution in [-0.4, -0.2) is 5.78 Å². The minimum atomic E-state index is -0.415. The molecule has 3 nitrogen and oxygen atoms in total. The third kappa shape index (κ3) is 4.10. The van der Waals surface area contributed by atoms with E-state index in [9.17, 15) is 9.18 Å². The standard InChI is InChI=1S/C22H12Cl3FO3/c23-17-3-1-2-12(21(17)25)8-20-22(27)16-7-6-15(10-19(16)29-20)28-11-13-4-5-14(26)9-18(13)24/h1-10H,11H2/b20-8-. The Balaban J connectivity index is 1.54. The number of allylic oxidation sites excluding steroid dienone is 1. The summed E-state index contributed by atoms with van der Waals surface area (Å²) in [6.07, 6.45) is 1.55. The second-order valence-corrected chi connectivity index (χ2v) is 7.46. The normalized spacial score (nSPS) is 14.1. The van der Waals surface area contributed by atoms with Crippen LogP contribution in [0.5, 0.6) is 11.5 Å². The molecule has 0 aliphatic carbocycles. The highest BCUT2D eigenvalue weighted by Crippen LogP contribution is 2.36.